The molecule has 3 aliphatic heterocycles. The summed E-state index contributed by atoms with van der Waals surface area (Å²) in [7, 11) is 3.89. The van der Waals surface area contributed by atoms with Gasteiger partial charge < -0.3 is 19.8 Å². The first kappa shape index (κ1) is 16.7. The second-order valence-electron chi connectivity index (χ2n) is 7.60. The number of nitrogens with one attached hydrogen (secondary N) is 1. The van der Waals surface area contributed by atoms with Gasteiger partial charge in [0.25, 0.3) is 0 Å². The van der Waals surface area contributed by atoms with E-state index in [4.69, 9.17) is 9.47 Å². The van der Waals surface area contributed by atoms with Crippen LogP contribution in [0.5, 0.6) is 11.5 Å². The summed E-state index contributed by atoms with van der Waals surface area (Å²) in [6.07, 6.45) is 4.21. The fourth-order valence-corrected chi connectivity index (χ4v) is 4.42. The molecule has 5 rings (SSSR count). The Bertz CT molecular complexity index is 872. The first-order chi connectivity index (χ1) is 13.2. The van der Waals surface area contributed by atoms with Gasteiger partial charge in [-0.1, -0.05) is 42.5 Å². The zero-order valence-electron chi connectivity index (χ0n) is 15.8. The number of hydrogen-bond donors (Lipinski definition) is 1. The van der Waals surface area contributed by atoms with Crippen LogP contribution in [-0.4, -0.2) is 42.9 Å². The SMILES string of the molecule is COc1cccc2c1OC1(CCN(C)CC1)N1NC(c3ccccc3)=CC21. The number of para-hydroxylation sites is 1. The number of methoxy groups -OCH3 is 1. The van der Waals surface area contributed by atoms with E-state index in [9.17, 15) is 0 Å². The van der Waals surface area contributed by atoms with Crippen molar-refractivity contribution >= 4 is 5.70 Å². The van der Waals surface area contributed by atoms with Crippen molar-refractivity contribution in [3.05, 3.63) is 65.7 Å². The molecule has 3 aliphatic rings. The van der Waals surface area contributed by atoms with Gasteiger partial charge in [0.2, 0.25) is 0 Å². The van der Waals surface area contributed by atoms with Gasteiger partial charge >= 0.3 is 0 Å². The Morgan fingerprint density at radius 2 is 1.85 bits per heavy atom. The Morgan fingerprint density at radius 3 is 2.59 bits per heavy atom. The van der Waals surface area contributed by atoms with E-state index in [1.165, 1.54) is 5.56 Å². The Labute approximate surface area is 160 Å². The highest BCUT2D eigenvalue weighted by Crippen LogP contribution is 2.51. The molecule has 1 atom stereocenters. The number of rotatable bonds is 2. The molecular weight excluding hydrogens is 338 g/mol. The van der Waals surface area contributed by atoms with Crippen molar-refractivity contribution in [1.29, 1.82) is 0 Å². The van der Waals surface area contributed by atoms with E-state index in [1.807, 2.05) is 18.2 Å². The van der Waals surface area contributed by atoms with E-state index in [0.29, 0.717) is 0 Å². The zero-order chi connectivity index (χ0) is 18.4. The normalized spacial score (nSPS) is 23.8. The van der Waals surface area contributed by atoms with Crippen molar-refractivity contribution in [3.8, 4) is 11.5 Å². The van der Waals surface area contributed by atoms with E-state index in [1.54, 1.807) is 7.11 Å². The molecule has 0 amide bonds. The van der Waals surface area contributed by atoms with Crippen LogP contribution in [-0.2, 0) is 0 Å². The largest absolute Gasteiger partial charge is 0.493 e. The first-order valence-electron chi connectivity index (χ1n) is 9.58. The molecule has 2 aromatic carbocycles. The Hall–Kier alpha value is -2.50. The molecule has 0 radical (unpaired) electrons. The van der Waals surface area contributed by atoms with Crippen molar-refractivity contribution < 1.29 is 9.47 Å². The van der Waals surface area contributed by atoms with E-state index in [0.717, 1.165) is 48.7 Å². The van der Waals surface area contributed by atoms with Crippen LogP contribution in [0.25, 0.3) is 5.70 Å². The van der Waals surface area contributed by atoms with Gasteiger partial charge in [-0.2, -0.15) is 5.01 Å². The second-order valence-corrected chi connectivity index (χ2v) is 7.60. The van der Waals surface area contributed by atoms with Crippen LogP contribution >= 0.6 is 0 Å². The van der Waals surface area contributed by atoms with E-state index < -0.39 is 0 Å². The number of benzene rings is 2. The van der Waals surface area contributed by atoms with Crippen LogP contribution in [0.15, 0.2) is 54.6 Å². The molecule has 0 aliphatic carbocycles. The predicted molar refractivity (Wildman–Crippen MR) is 105 cm³/mol. The smallest absolute Gasteiger partial charge is 0.183 e. The number of ether oxygens (including phenoxy) is 2. The van der Waals surface area contributed by atoms with Crippen LogP contribution in [0.3, 0.4) is 0 Å². The summed E-state index contributed by atoms with van der Waals surface area (Å²) in [5.41, 5.74) is 6.79. The van der Waals surface area contributed by atoms with Gasteiger partial charge in [-0.15, -0.1) is 0 Å². The maximum absolute atomic E-state index is 6.71. The lowest BCUT2D eigenvalue weighted by Gasteiger charge is -2.51. The summed E-state index contributed by atoms with van der Waals surface area (Å²) in [6.45, 7) is 2.02. The van der Waals surface area contributed by atoms with Gasteiger partial charge in [0.1, 0.15) is 0 Å². The van der Waals surface area contributed by atoms with Crippen molar-refractivity contribution in [2.45, 2.75) is 24.6 Å². The summed E-state index contributed by atoms with van der Waals surface area (Å²) in [6, 6.07) is 16.8. The molecule has 5 heteroatoms. The number of hydrogen-bond acceptors (Lipinski definition) is 5. The number of hydrazine groups is 1. The van der Waals surface area contributed by atoms with Gasteiger partial charge in [0.15, 0.2) is 17.2 Å². The van der Waals surface area contributed by atoms with Crippen LogP contribution in [0.4, 0.5) is 0 Å². The number of likely N-dealkylation sites (tertiary alicyclic amines) is 1. The zero-order valence-corrected chi connectivity index (χ0v) is 15.8. The number of piperidine rings is 1. The quantitative estimate of drug-likeness (QED) is 0.885. The minimum atomic E-state index is -0.369. The Morgan fingerprint density at radius 1 is 1.07 bits per heavy atom. The lowest BCUT2D eigenvalue weighted by molar-refractivity contribution is -0.158. The summed E-state index contributed by atoms with van der Waals surface area (Å²) in [4.78, 5) is 2.36. The summed E-state index contributed by atoms with van der Waals surface area (Å²) in [5, 5.41) is 2.32. The molecule has 1 spiro atoms. The third-order valence-electron chi connectivity index (χ3n) is 5.98. The lowest BCUT2D eigenvalue weighted by atomic mass is 9.92. The molecule has 140 valence electrons. The molecule has 1 saturated heterocycles. The minimum absolute atomic E-state index is 0.127. The van der Waals surface area contributed by atoms with Gasteiger partial charge in [-0.25, -0.2) is 0 Å². The molecule has 0 bridgehead atoms. The van der Waals surface area contributed by atoms with Crippen LogP contribution in [0, 0.1) is 0 Å². The molecule has 2 aromatic rings. The van der Waals surface area contributed by atoms with Gasteiger partial charge in [-0.3, -0.25) is 0 Å². The van der Waals surface area contributed by atoms with Gasteiger partial charge in [0, 0.05) is 31.5 Å². The summed E-state index contributed by atoms with van der Waals surface area (Å²) >= 11 is 0. The van der Waals surface area contributed by atoms with Gasteiger partial charge in [-0.05, 0) is 24.8 Å². The third-order valence-corrected chi connectivity index (χ3v) is 5.98. The van der Waals surface area contributed by atoms with Crippen LogP contribution in [0.1, 0.15) is 30.0 Å². The maximum Gasteiger partial charge on any atom is 0.183 e. The summed E-state index contributed by atoms with van der Waals surface area (Å²) in [5.74, 6) is 1.70. The van der Waals surface area contributed by atoms with Crippen LogP contribution in [0.2, 0.25) is 0 Å². The monoisotopic (exact) mass is 363 g/mol. The third kappa shape index (κ3) is 2.61. The second kappa shape index (κ2) is 6.29. The fourth-order valence-electron chi connectivity index (χ4n) is 4.42. The number of nitrogens with zero attached hydrogens (tertiary/aromatic N) is 2. The fraction of sp³-hybridized carbons (Fsp3) is 0.364. The molecule has 1 unspecified atom stereocenters. The highest BCUT2D eigenvalue weighted by Gasteiger charge is 2.51. The van der Waals surface area contributed by atoms with Crippen molar-refractivity contribution in [2.75, 3.05) is 27.2 Å². The standard InChI is InChI=1S/C22H25N3O2/c1-24-13-11-22(12-14-24)25-19(15-18(23-25)16-7-4-3-5-8-16)17-9-6-10-20(26-2)21(17)27-22/h3-10,15,19,23H,11-14H2,1-2H3. The highest BCUT2D eigenvalue weighted by molar-refractivity contribution is 5.68. The van der Waals surface area contributed by atoms with E-state index in [-0.39, 0.29) is 11.8 Å². The topological polar surface area (TPSA) is 37.0 Å². The first-order valence-corrected chi connectivity index (χ1v) is 9.58. The molecule has 1 N–H and O–H groups in total. The molecule has 0 aromatic heterocycles. The average molecular weight is 363 g/mol. The molecule has 3 heterocycles. The predicted octanol–water partition coefficient (Wildman–Crippen LogP) is 3.41. The maximum atomic E-state index is 6.71. The van der Waals surface area contributed by atoms with Gasteiger partial charge in [0.05, 0.1) is 18.8 Å². The summed E-state index contributed by atoms with van der Waals surface area (Å²) < 4.78 is 12.3. The molecule has 5 nitrogen and oxygen atoms in total. The molecule has 1 fully saturated rings. The Balaban J connectivity index is 1.61. The minimum Gasteiger partial charge on any atom is -0.493 e. The molecular formula is C22H25N3O2. The Kier molecular flexibility index (Phi) is 3.88. The van der Waals surface area contributed by atoms with E-state index >= 15 is 0 Å². The van der Waals surface area contributed by atoms with Crippen molar-refractivity contribution in [2.24, 2.45) is 0 Å². The van der Waals surface area contributed by atoms with Crippen molar-refractivity contribution in [3.63, 3.8) is 0 Å². The average Bonchev–Trinajstić information content (AvgIpc) is 3.17. The number of fused-ring (bicyclic) bond motifs is 4. The molecule has 0 saturated carbocycles. The van der Waals surface area contributed by atoms with Crippen molar-refractivity contribution in [1.82, 2.24) is 15.3 Å². The highest BCUT2D eigenvalue weighted by atomic mass is 16.5. The van der Waals surface area contributed by atoms with Crippen LogP contribution < -0.4 is 14.9 Å². The molecule has 27 heavy (non-hydrogen) atoms. The lowest BCUT2D eigenvalue weighted by Crippen LogP contribution is -2.63. The van der Waals surface area contributed by atoms with E-state index in [2.05, 4.69) is 58.8 Å².